The Balaban J connectivity index is 1.65. The fourth-order valence-corrected chi connectivity index (χ4v) is 6.10. The third kappa shape index (κ3) is 4.41. The average Bonchev–Trinajstić information content (AvgIpc) is 3.60. The lowest BCUT2D eigenvalue weighted by Gasteiger charge is -2.26. The second-order valence-electron chi connectivity index (χ2n) is 8.31. The average molecular weight is 705 g/mol. The van der Waals surface area contributed by atoms with E-state index in [-0.39, 0.29) is 24.5 Å². The van der Waals surface area contributed by atoms with Gasteiger partial charge in [0.05, 0.1) is 32.9 Å². The van der Waals surface area contributed by atoms with Gasteiger partial charge in [-0.15, -0.1) is 0 Å². The summed E-state index contributed by atoms with van der Waals surface area (Å²) in [5.41, 5.74) is 1.83. The number of nitrogens with zero attached hydrogens (tertiary/aromatic N) is 2. The minimum atomic E-state index is -0.805. The highest BCUT2D eigenvalue weighted by atomic mass is 127. The topological polar surface area (TPSA) is 92.3 Å². The van der Waals surface area contributed by atoms with Crippen LogP contribution in [0.2, 0.25) is 0 Å². The number of rotatable bonds is 5. The van der Waals surface area contributed by atoms with Gasteiger partial charge in [-0.3, -0.25) is 9.36 Å². The van der Waals surface area contributed by atoms with Crippen LogP contribution in [0.25, 0.3) is 11.8 Å². The van der Waals surface area contributed by atoms with E-state index in [4.69, 9.17) is 23.6 Å². The highest BCUT2D eigenvalue weighted by Crippen LogP contribution is 2.40. The summed E-state index contributed by atoms with van der Waals surface area (Å²) in [4.78, 5) is 32.7. The van der Waals surface area contributed by atoms with Gasteiger partial charge in [-0.1, -0.05) is 47.7 Å². The van der Waals surface area contributed by atoms with Crippen molar-refractivity contribution in [3.8, 4) is 11.5 Å². The molecule has 0 aliphatic carbocycles. The first-order valence-electron chi connectivity index (χ1n) is 11.6. The molecule has 2 aromatic heterocycles. The Morgan fingerprint density at radius 3 is 2.74 bits per heavy atom. The molecule has 38 heavy (non-hydrogen) atoms. The van der Waals surface area contributed by atoms with Crippen LogP contribution in [-0.2, 0) is 9.53 Å². The van der Waals surface area contributed by atoms with Gasteiger partial charge in [0.25, 0.3) is 5.56 Å². The SMILES string of the molecule is CCOC(=O)C1=C(c2ccccc2)N=c2s/c(=C/c3cc(Br)c(I)o3)c(=O)n2[C@H]1c1ccc2c(c1)OCO2. The number of carbonyl (C=O) groups is 1. The number of benzene rings is 2. The number of esters is 1. The third-order valence-electron chi connectivity index (χ3n) is 6.02. The van der Waals surface area contributed by atoms with E-state index in [2.05, 4.69) is 38.5 Å². The normalized spacial score (nSPS) is 16.4. The zero-order valence-corrected chi connectivity index (χ0v) is 24.3. The van der Waals surface area contributed by atoms with E-state index < -0.39 is 12.0 Å². The van der Waals surface area contributed by atoms with Crippen molar-refractivity contribution in [2.75, 3.05) is 13.4 Å². The van der Waals surface area contributed by atoms with E-state index >= 15 is 0 Å². The molecule has 0 N–H and O–H groups in total. The van der Waals surface area contributed by atoms with Crippen molar-refractivity contribution in [2.45, 2.75) is 13.0 Å². The summed E-state index contributed by atoms with van der Waals surface area (Å²) >= 11 is 6.74. The Kier molecular flexibility index (Phi) is 6.74. The predicted octanol–water partition coefficient (Wildman–Crippen LogP) is 4.62. The molecule has 0 radical (unpaired) electrons. The summed E-state index contributed by atoms with van der Waals surface area (Å²) in [6.07, 6.45) is 1.68. The highest BCUT2D eigenvalue weighted by Gasteiger charge is 2.36. The molecule has 0 unspecified atom stereocenters. The number of halogens is 2. The van der Waals surface area contributed by atoms with Crippen LogP contribution in [-0.4, -0.2) is 23.9 Å². The second kappa shape index (κ2) is 10.2. The Morgan fingerprint density at radius 2 is 2.00 bits per heavy atom. The molecule has 4 aromatic rings. The predicted molar refractivity (Wildman–Crippen MR) is 153 cm³/mol. The summed E-state index contributed by atoms with van der Waals surface area (Å²) in [6, 6.07) is 15.8. The summed E-state index contributed by atoms with van der Waals surface area (Å²) in [5.74, 6) is 1.13. The van der Waals surface area contributed by atoms with Gasteiger partial charge in [0.2, 0.25) is 6.79 Å². The molecule has 0 saturated heterocycles. The van der Waals surface area contributed by atoms with Crippen molar-refractivity contribution >= 4 is 67.6 Å². The van der Waals surface area contributed by atoms with Crippen LogP contribution >= 0.6 is 49.9 Å². The number of fused-ring (bicyclic) bond motifs is 2. The van der Waals surface area contributed by atoms with Gasteiger partial charge < -0.3 is 18.6 Å². The largest absolute Gasteiger partial charge is 0.463 e. The summed E-state index contributed by atoms with van der Waals surface area (Å²) in [7, 11) is 0. The first-order chi connectivity index (χ1) is 18.4. The van der Waals surface area contributed by atoms with Crippen molar-refractivity contribution in [2.24, 2.45) is 4.99 Å². The first-order valence-corrected chi connectivity index (χ1v) is 14.3. The van der Waals surface area contributed by atoms with Crippen LogP contribution in [0.1, 0.15) is 29.9 Å². The van der Waals surface area contributed by atoms with Gasteiger partial charge in [0.15, 0.2) is 20.1 Å². The summed E-state index contributed by atoms with van der Waals surface area (Å²) in [5, 5.41) is 0. The molecular weight excluding hydrogens is 687 g/mol. The second-order valence-corrected chi connectivity index (χ2v) is 11.2. The molecule has 0 bridgehead atoms. The van der Waals surface area contributed by atoms with Gasteiger partial charge in [0, 0.05) is 34.2 Å². The van der Waals surface area contributed by atoms with Crippen molar-refractivity contribution in [1.82, 2.24) is 4.57 Å². The lowest BCUT2D eigenvalue weighted by Crippen LogP contribution is -2.40. The lowest BCUT2D eigenvalue weighted by molar-refractivity contribution is -0.138. The number of ether oxygens (including phenoxy) is 3. The fourth-order valence-electron chi connectivity index (χ4n) is 4.40. The number of hydrogen-bond donors (Lipinski definition) is 0. The monoisotopic (exact) mass is 704 g/mol. The number of thiazole rings is 1. The molecule has 0 saturated carbocycles. The van der Waals surface area contributed by atoms with Crippen LogP contribution in [0.3, 0.4) is 0 Å². The van der Waals surface area contributed by atoms with Crippen molar-refractivity contribution in [1.29, 1.82) is 0 Å². The van der Waals surface area contributed by atoms with Crippen LogP contribution in [0.5, 0.6) is 11.5 Å². The minimum absolute atomic E-state index is 0.106. The molecule has 2 aliphatic heterocycles. The van der Waals surface area contributed by atoms with Crippen molar-refractivity contribution in [3.63, 3.8) is 0 Å². The van der Waals surface area contributed by atoms with E-state index in [1.807, 2.05) is 36.4 Å². The van der Waals surface area contributed by atoms with Crippen LogP contribution in [0, 0.1) is 3.77 Å². The molecule has 192 valence electrons. The molecule has 11 heteroatoms. The van der Waals surface area contributed by atoms with Gasteiger partial charge in [-0.05, 0) is 46.6 Å². The van der Waals surface area contributed by atoms with Crippen LogP contribution in [0.4, 0.5) is 0 Å². The Labute approximate surface area is 242 Å². The summed E-state index contributed by atoms with van der Waals surface area (Å²) in [6.45, 7) is 2.03. The zero-order valence-electron chi connectivity index (χ0n) is 19.8. The van der Waals surface area contributed by atoms with E-state index in [1.54, 1.807) is 31.2 Å². The van der Waals surface area contributed by atoms with Gasteiger partial charge >= 0.3 is 5.97 Å². The molecule has 0 spiro atoms. The quantitative estimate of drug-likeness (QED) is 0.223. The Morgan fingerprint density at radius 1 is 1.21 bits per heavy atom. The van der Waals surface area contributed by atoms with E-state index in [9.17, 15) is 9.59 Å². The molecule has 2 aliphatic rings. The molecule has 0 amide bonds. The molecule has 8 nitrogen and oxygen atoms in total. The molecule has 4 heterocycles. The van der Waals surface area contributed by atoms with Crippen molar-refractivity contribution in [3.05, 3.63) is 105 Å². The molecule has 1 atom stereocenters. The maximum Gasteiger partial charge on any atom is 0.338 e. The smallest absolute Gasteiger partial charge is 0.338 e. The van der Waals surface area contributed by atoms with Gasteiger partial charge in [0.1, 0.15) is 5.76 Å². The molecule has 6 rings (SSSR count). The summed E-state index contributed by atoms with van der Waals surface area (Å²) < 4.78 is 25.8. The number of furan rings is 1. The van der Waals surface area contributed by atoms with Gasteiger partial charge in [-0.25, -0.2) is 9.79 Å². The van der Waals surface area contributed by atoms with E-state index in [1.165, 1.54) is 15.9 Å². The van der Waals surface area contributed by atoms with E-state index in [0.29, 0.717) is 41.6 Å². The molecule has 2 aromatic carbocycles. The van der Waals surface area contributed by atoms with Gasteiger partial charge in [-0.2, -0.15) is 0 Å². The van der Waals surface area contributed by atoms with Crippen molar-refractivity contribution < 1.29 is 23.4 Å². The highest BCUT2D eigenvalue weighted by molar-refractivity contribution is 14.1. The maximum absolute atomic E-state index is 13.9. The maximum atomic E-state index is 13.9. The fraction of sp³-hybridized carbons (Fsp3) is 0.148. The Bertz CT molecular complexity index is 1770. The molecular formula is C27H18BrIN2O6S. The minimum Gasteiger partial charge on any atom is -0.463 e. The third-order valence-corrected chi connectivity index (χ3v) is 9.14. The zero-order chi connectivity index (χ0) is 26.4. The van der Waals surface area contributed by atoms with Crippen LogP contribution in [0.15, 0.2) is 78.8 Å². The number of hydrogen-bond acceptors (Lipinski definition) is 8. The number of aromatic nitrogens is 1. The Hall–Kier alpha value is -3.16. The van der Waals surface area contributed by atoms with E-state index in [0.717, 1.165) is 10.0 Å². The first kappa shape index (κ1) is 25.1. The standard InChI is InChI=1S/C27H18BrIN2O6S/c1-2-34-26(33)21-22(14-6-4-3-5-7-14)30-27-31(23(21)15-8-9-18-19(10-15)36-13-35-18)25(32)20(38-27)12-16-11-17(28)24(29)37-16/h3-12,23H,2,13H2,1H3/b20-12+/t23-/m0/s1. The van der Waals surface area contributed by atoms with Crippen LogP contribution < -0.4 is 24.4 Å². The molecule has 0 fully saturated rings. The number of carbonyl (C=O) groups excluding carboxylic acids is 1. The lowest BCUT2D eigenvalue weighted by atomic mass is 9.93.